The highest BCUT2D eigenvalue weighted by Crippen LogP contribution is 2.24. The predicted octanol–water partition coefficient (Wildman–Crippen LogP) is 5.66. The molecule has 0 aliphatic carbocycles. The van der Waals surface area contributed by atoms with Gasteiger partial charge in [-0.05, 0) is 17.5 Å². The number of rotatable bonds is 5. The van der Waals surface area contributed by atoms with E-state index in [1.807, 2.05) is 54.6 Å². The molecular weight excluding hydrogens is 302 g/mol. The number of benzene rings is 3. The van der Waals surface area contributed by atoms with Crippen molar-refractivity contribution in [1.29, 1.82) is 0 Å². The Morgan fingerprint density at radius 1 is 0.739 bits per heavy atom. The maximum atomic E-state index is 6.47. The van der Waals surface area contributed by atoms with Crippen LogP contribution in [0.5, 0.6) is 0 Å². The van der Waals surface area contributed by atoms with Gasteiger partial charge in [0.2, 0.25) is 0 Å². The van der Waals surface area contributed by atoms with E-state index in [1.165, 1.54) is 11.1 Å². The number of nitrogens with zero attached hydrogens (tertiary/aromatic N) is 1. The van der Waals surface area contributed by atoms with Crippen LogP contribution in [0.3, 0.4) is 0 Å². The van der Waals surface area contributed by atoms with Gasteiger partial charge in [-0.25, -0.2) is 0 Å². The van der Waals surface area contributed by atoms with Crippen LogP contribution in [0.25, 0.3) is 0 Å². The first-order chi connectivity index (χ1) is 11.3. The third-order valence-corrected chi connectivity index (χ3v) is 4.05. The van der Waals surface area contributed by atoms with Crippen molar-refractivity contribution in [2.24, 2.45) is 4.99 Å². The van der Waals surface area contributed by atoms with Gasteiger partial charge in [-0.1, -0.05) is 103 Å². The van der Waals surface area contributed by atoms with Crippen molar-refractivity contribution in [3.05, 3.63) is 108 Å². The molecule has 3 rings (SSSR count). The Labute approximate surface area is 142 Å². The minimum absolute atomic E-state index is 0.00584. The third-order valence-electron chi connectivity index (χ3n) is 3.74. The Kier molecular flexibility index (Phi) is 5.23. The zero-order valence-electron chi connectivity index (χ0n) is 12.8. The molecule has 0 spiro atoms. The summed E-state index contributed by atoms with van der Waals surface area (Å²) < 4.78 is 0. The fraction of sp³-hybridized carbons (Fsp3) is 0.0952. The molecule has 0 heterocycles. The Balaban J connectivity index is 1.92. The highest BCUT2D eigenvalue weighted by atomic mass is 35.5. The lowest BCUT2D eigenvalue weighted by Gasteiger charge is -2.14. The standard InChI is InChI=1S/C21H18ClN/c22-21(19-14-8-3-9-15-19)23-20(18-12-6-2-7-13-18)16-17-10-4-1-5-11-17/h1-15,20H,16H2. The smallest absolute Gasteiger partial charge is 0.131 e. The first-order valence-corrected chi connectivity index (χ1v) is 8.08. The topological polar surface area (TPSA) is 12.4 Å². The van der Waals surface area contributed by atoms with Crippen LogP contribution in [0.1, 0.15) is 22.7 Å². The lowest BCUT2D eigenvalue weighted by atomic mass is 9.99. The van der Waals surface area contributed by atoms with E-state index in [9.17, 15) is 0 Å². The summed E-state index contributed by atoms with van der Waals surface area (Å²) in [5.74, 6) is 0. The van der Waals surface area contributed by atoms with Crippen molar-refractivity contribution >= 4 is 16.8 Å². The Morgan fingerprint density at radius 3 is 1.87 bits per heavy atom. The van der Waals surface area contributed by atoms with Gasteiger partial charge in [0.15, 0.2) is 0 Å². The Hall–Kier alpha value is -2.38. The minimum Gasteiger partial charge on any atom is -0.264 e. The van der Waals surface area contributed by atoms with Gasteiger partial charge < -0.3 is 0 Å². The zero-order valence-corrected chi connectivity index (χ0v) is 13.5. The van der Waals surface area contributed by atoms with E-state index in [0.717, 1.165) is 12.0 Å². The largest absolute Gasteiger partial charge is 0.264 e. The summed E-state index contributed by atoms with van der Waals surface area (Å²) in [6, 6.07) is 30.6. The van der Waals surface area contributed by atoms with Crippen molar-refractivity contribution in [3.63, 3.8) is 0 Å². The molecule has 3 aromatic carbocycles. The molecule has 2 heteroatoms. The van der Waals surface area contributed by atoms with Crippen molar-refractivity contribution in [2.75, 3.05) is 0 Å². The Morgan fingerprint density at radius 2 is 1.26 bits per heavy atom. The molecule has 1 nitrogen and oxygen atoms in total. The molecule has 0 fully saturated rings. The van der Waals surface area contributed by atoms with E-state index < -0.39 is 0 Å². The van der Waals surface area contributed by atoms with E-state index in [4.69, 9.17) is 16.6 Å². The van der Waals surface area contributed by atoms with Gasteiger partial charge >= 0.3 is 0 Å². The monoisotopic (exact) mass is 319 g/mol. The summed E-state index contributed by atoms with van der Waals surface area (Å²) in [4.78, 5) is 4.79. The second-order valence-corrected chi connectivity index (χ2v) is 5.76. The summed E-state index contributed by atoms with van der Waals surface area (Å²) in [5.41, 5.74) is 3.37. The molecule has 0 aliphatic heterocycles. The first kappa shape index (κ1) is 15.5. The van der Waals surface area contributed by atoms with E-state index in [-0.39, 0.29) is 6.04 Å². The van der Waals surface area contributed by atoms with Crippen LogP contribution in [0.2, 0.25) is 0 Å². The molecule has 0 saturated heterocycles. The number of aliphatic imine (C=N–C) groups is 1. The average molecular weight is 320 g/mol. The SMILES string of the molecule is ClC(=NC(Cc1ccccc1)c1ccccc1)c1ccccc1. The molecule has 1 unspecified atom stereocenters. The molecule has 114 valence electrons. The third kappa shape index (κ3) is 4.30. The van der Waals surface area contributed by atoms with Crippen LogP contribution in [0.4, 0.5) is 0 Å². The normalized spacial score (nSPS) is 12.8. The second kappa shape index (κ2) is 7.75. The summed E-state index contributed by atoms with van der Waals surface area (Å²) in [7, 11) is 0. The summed E-state index contributed by atoms with van der Waals surface area (Å²) >= 11 is 6.47. The van der Waals surface area contributed by atoms with Gasteiger partial charge in [0, 0.05) is 5.56 Å². The molecular formula is C21H18ClN. The van der Waals surface area contributed by atoms with E-state index >= 15 is 0 Å². The quantitative estimate of drug-likeness (QED) is 0.538. The van der Waals surface area contributed by atoms with Crippen LogP contribution in [-0.4, -0.2) is 5.17 Å². The van der Waals surface area contributed by atoms with Crippen LogP contribution < -0.4 is 0 Å². The van der Waals surface area contributed by atoms with Crippen LogP contribution in [0.15, 0.2) is 96.0 Å². The fourth-order valence-electron chi connectivity index (χ4n) is 2.54. The predicted molar refractivity (Wildman–Crippen MR) is 98.2 cm³/mol. The summed E-state index contributed by atoms with van der Waals surface area (Å²) in [5, 5.41) is 0.551. The van der Waals surface area contributed by atoms with Gasteiger partial charge in [-0.15, -0.1) is 0 Å². The molecule has 0 amide bonds. The van der Waals surface area contributed by atoms with Gasteiger partial charge in [0.25, 0.3) is 0 Å². The van der Waals surface area contributed by atoms with E-state index in [2.05, 4.69) is 36.4 Å². The van der Waals surface area contributed by atoms with Crippen molar-refractivity contribution in [2.45, 2.75) is 12.5 Å². The van der Waals surface area contributed by atoms with Gasteiger partial charge in [-0.2, -0.15) is 0 Å². The van der Waals surface area contributed by atoms with E-state index in [1.54, 1.807) is 0 Å². The molecule has 3 aromatic rings. The van der Waals surface area contributed by atoms with Crippen LogP contribution in [-0.2, 0) is 6.42 Å². The Bertz CT molecular complexity index is 752. The maximum absolute atomic E-state index is 6.47. The van der Waals surface area contributed by atoms with Gasteiger partial charge in [0.05, 0.1) is 6.04 Å². The number of hydrogen-bond acceptors (Lipinski definition) is 1. The molecule has 1 atom stereocenters. The summed E-state index contributed by atoms with van der Waals surface area (Å²) in [6.45, 7) is 0. The van der Waals surface area contributed by atoms with Crippen LogP contribution in [0, 0.1) is 0 Å². The van der Waals surface area contributed by atoms with Gasteiger partial charge in [0.1, 0.15) is 5.17 Å². The maximum Gasteiger partial charge on any atom is 0.131 e. The lowest BCUT2D eigenvalue weighted by molar-refractivity contribution is 0.727. The van der Waals surface area contributed by atoms with Crippen molar-refractivity contribution in [1.82, 2.24) is 0 Å². The highest BCUT2D eigenvalue weighted by molar-refractivity contribution is 6.69. The first-order valence-electron chi connectivity index (χ1n) is 7.70. The number of hydrogen-bond donors (Lipinski definition) is 0. The molecule has 0 N–H and O–H groups in total. The van der Waals surface area contributed by atoms with Crippen molar-refractivity contribution in [3.8, 4) is 0 Å². The zero-order chi connectivity index (χ0) is 15.9. The minimum atomic E-state index is 0.00584. The van der Waals surface area contributed by atoms with Gasteiger partial charge in [-0.3, -0.25) is 4.99 Å². The number of halogens is 1. The molecule has 23 heavy (non-hydrogen) atoms. The summed E-state index contributed by atoms with van der Waals surface area (Å²) in [6.07, 6.45) is 0.827. The van der Waals surface area contributed by atoms with E-state index in [0.29, 0.717) is 5.17 Å². The highest BCUT2D eigenvalue weighted by Gasteiger charge is 2.12. The molecule has 0 bridgehead atoms. The fourth-order valence-corrected chi connectivity index (χ4v) is 2.78. The van der Waals surface area contributed by atoms with Crippen LogP contribution >= 0.6 is 11.6 Å². The molecule has 0 saturated carbocycles. The second-order valence-electron chi connectivity index (χ2n) is 5.40. The average Bonchev–Trinajstić information content (AvgIpc) is 2.63. The molecule has 0 aliphatic rings. The molecule has 0 radical (unpaired) electrons. The lowest BCUT2D eigenvalue weighted by Crippen LogP contribution is -2.03. The molecule has 0 aromatic heterocycles. The van der Waals surface area contributed by atoms with Crippen molar-refractivity contribution < 1.29 is 0 Å².